The smallest absolute Gasteiger partial charge is 0.0714 e. The van der Waals surface area contributed by atoms with Gasteiger partial charge >= 0.3 is 0 Å². The molecule has 0 spiro atoms. The minimum absolute atomic E-state index is 0.525. The van der Waals surface area contributed by atoms with Crippen molar-refractivity contribution in [3.8, 4) is 39.1 Å². The van der Waals surface area contributed by atoms with E-state index in [0.717, 1.165) is 28.3 Å². The summed E-state index contributed by atoms with van der Waals surface area (Å²) in [7, 11) is 0. The van der Waals surface area contributed by atoms with Crippen LogP contribution in [-0.4, -0.2) is 4.57 Å². The molecule has 0 saturated heterocycles. The number of nitrogens with zero attached hydrogens (tertiary/aromatic N) is 2. The number of hydrogen-bond acceptors (Lipinski definition) is 1. The van der Waals surface area contributed by atoms with E-state index in [2.05, 4.69) is 289 Å². The summed E-state index contributed by atoms with van der Waals surface area (Å²) in [5.74, 6) is 0. The standard InChI is InChI=1S/C69H46N2/c1-4-19-51(20-5-1)69(52-21-6-2-7-22-52)63-30-14-12-27-62(63)68-64(69)31-17-33-66(68)70(55-42-36-49(37-43-55)57-28-16-29-58-56-25-11-10-18-48(56)38-44-59(57)58)54-40-34-47(35-41-54)50-39-45-61-60-26-13-15-32-65(60)71(67(61)46-50)53-23-8-3-9-24-53/h1-46H. The molecule has 0 radical (unpaired) electrons. The Labute approximate surface area is 413 Å². The molecule has 0 saturated carbocycles. The summed E-state index contributed by atoms with van der Waals surface area (Å²) in [6.07, 6.45) is 0. The Hall–Kier alpha value is -9.24. The second-order valence-electron chi connectivity index (χ2n) is 18.8. The highest BCUT2D eigenvalue weighted by Crippen LogP contribution is 2.59. The Balaban J connectivity index is 0.954. The minimum Gasteiger partial charge on any atom is -0.310 e. The molecule has 14 rings (SSSR count). The van der Waals surface area contributed by atoms with Crippen molar-refractivity contribution in [2.75, 3.05) is 4.90 Å². The summed E-state index contributed by atoms with van der Waals surface area (Å²) in [5.41, 5.74) is 18.6. The van der Waals surface area contributed by atoms with Crippen LogP contribution in [0, 0.1) is 0 Å². The van der Waals surface area contributed by atoms with Crippen LogP contribution in [0.2, 0.25) is 0 Å². The second-order valence-corrected chi connectivity index (χ2v) is 18.8. The van der Waals surface area contributed by atoms with Crippen molar-refractivity contribution in [2.24, 2.45) is 0 Å². The number of fused-ring (bicyclic) bond motifs is 9. The average molecular weight is 903 g/mol. The van der Waals surface area contributed by atoms with Gasteiger partial charge in [-0.3, -0.25) is 0 Å². The lowest BCUT2D eigenvalue weighted by Gasteiger charge is -2.34. The Bertz CT molecular complexity index is 4090. The molecule has 0 amide bonds. The van der Waals surface area contributed by atoms with Gasteiger partial charge in [-0.1, -0.05) is 224 Å². The molecular weight excluding hydrogens is 857 g/mol. The third-order valence-corrected chi connectivity index (χ3v) is 15.1. The molecule has 1 aliphatic rings. The van der Waals surface area contributed by atoms with Gasteiger partial charge in [0.25, 0.3) is 0 Å². The Kier molecular flexibility index (Phi) is 9.47. The van der Waals surface area contributed by atoms with Crippen molar-refractivity contribution >= 4 is 60.4 Å². The lowest BCUT2D eigenvalue weighted by Crippen LogP contribution is -2.28. The van der Waals surface area contributed by atoms with E-state index in [4.69, 9.17) is 0 Å². The number of benzene rings is 12. The summed E-state index contributed by atoms with van der Waals surface area (Å²) in [5, 5.41) is 7.55. The lowest BCUT2D eigenvalue weighted by molar-refractivity contribution is 0.768. The number of para-hydroxylation sites is 2. The highest BCUT2D eigenvalue weighted by molar-refractivity contribution is 6.12. The fourth-order valence-electron chi connectivity index (χ4n) is 12.0. The fraction of sp³-hybridized carbons (Fsp3) is 0.0145. The Morgan fingerprint density at radius 2 is 0.845 bits per heavy atom. The van der Waals surface area contributed by atoms with Gasteiger partial charge in [0, 0.05) is 33.4 Å². The minimum atomic E-state index is -0.525. The van der Waals surface area contributed by atoms with Crippen molar-refractivity contribution < 1.29 is 0 Å². The lowest BCUT2D eigenvalue weighted by atomic mass is 9.68. The van der Waals surface area contributed by atoms with Gasteiger partial charge in [0.1, 0.15) is 0 Å². The van der Waals surface area contributed by atoms with E-state index in [0.29, 0.717) is 0 Å². The SMILES string of the molecule is c1ccc(-n2c3ccccc3c3ccc(-c4ccc(N(c5ccc(-c6cccc7c6ccc6ccccc67)cc5)c5cccc6c5-c5ccccc5C6(c5ccccc5)c5ccccc5)cc4)cc32)cc1. The van der Waals surface area contributed by atoms with Crippen LogP contribution in [0.1, 0.15) is 22.3 Å². The van der Waals surface area contributed by atoms with Crippen LogP contribution in [-0.2, 0) is 5.41 Å². The maximum atomic E-state index is 2.47. The molecule has 332 valence electrons. The molecule has 0 bridgehead atoms. The molecular formula is C69H46N2. The van der Waals surface area contributed by atoms with E-state index >= 15 is 0 Å². The van der Waals surface area contributed by atoms with Gasteiger partial charge in [-0.25, -0.2) is 0 Å². The maximum absolute atomic E-state index is 2.47. The monoisotopic (exact) mass is 902 g/mol. The van der Waals surface area contributed by atoms with E-state index in [1.54, 1.807) is 0 Å². The zero-order chi connectivity index (χ0) is 46.9. The predicted molar refractivity (Wildman–Crippen MR) is 299 cm³/mol. The summed E-state index contributed by atoms with van der Waals surface area (Å²) >= 11 is 0. The largest absolute Gasteiger partial charge is 0.310 e. The van der Waals surface area contributed by atoms with Crippen LogP contribution in [0.25, 0.3) is 82.4 Å². The average Bonchev–Trinajstić information content (AvgIpc) is 3.95. The third-order valence-electron chi connectivity index (χ3n) is 15.1. The predicted octanol–water partition coefficient (Wildman–Crippen LogP) is 18.3. The normalized spacial score (nSPS) is 12.6. The Morgan fingerprint density at radius 3 is 1.59 bits per heavy atom. The first-order valence-electron chi connectivity index (χ1n) is 24.6. The molecule has 12 aromatic carbocycles. The van der Waals surface area contributed by atoms with Gasteiger partial charge in [-0.05, 0) is 126 Å². The first kappa shape index (κ1) is 40.8. The van der Waals surface area contributed by atoms with E-state index in [9.17, 15) is 0 Å². The molecule has 1 heterocycles. The first-order chi connectivity index (χ1) is 35.2. The van der Waals surface area contributed by atoms with E-state index < -0.39 is 5.41 Å². The van der Waals surface area contributed by atoms with E-state index in [1.807, 2.05) is 0 Å². The van der Waals surface area contributed by atoms with Crippen LogP contribution in [0.3, 0.4) is 0 Å². The molecule has 0 fully saturated rings. The van der Waals surface area contributed by atoms with Crippen molar-refractivity contribution in [3.05, 3.63) is 301 Å². The van der Waals surface area contributed by atoms with E-state index in [-0.39, 0.29) is 0 Å². The number of hydrogen-bond donors (Lipinski definition) is 0. The van der Waals surface area contributed by atoms with Crippen LogP contribution in [0.4, 0.5) is 17.1 Å². The molecule has 0 N–H and O–H groups in total. The second kappa shape index (κ2) is 16.5. The number of anilines is 3. The summed E-state index contributed by atoms with van der Waals surface area (Å²) < 4.78 is 2.40. The van der Waals surface area contributed by atoms with Crippen molar-refractivity contribution in [1.82, 2.24) is 4.57 Å². The number of rotatable bonds is 8. The summed E-state index contributed by atoms with van der Waals surface area (Å²) in [4.78, 5) is 2.47. The van der Waals surface area contributed by atoms with Crippen LogP contribution < -0.4 is 4.90 Å². The summed E-state index contributed by atoms with van der Waals surface area (Å²) in [6.45, 7) is 0. The van der Waals surface area contributed by atoms with Gasteiger partial charge in [0.15, 0.2) is 0 Å². The van der Waals surface area contributed by atoms with E-state index in [1.165, 1.54) is 93.4 Å². The molecule has 13 aromatic rings. The quantitative estimate of drug-likeness (QED) is 0.138. The van der Waals surface area contributed by atoms with Crippen molar-refractivity contribution in [1.29, 1.82) is 0 Å². The molecule has 2 heteroatoms. The van der Waals surface area contributed by atoms with Crippen LogP contribution in [0.15, 0.2) is 279 Å². The highest BCUT2D eigenvalue weighted by Gasteiger charge is 2.47. The number of aromatic nitrogens is 1. The fourth-order valence-corrected chi connectivity index (χ4v) is 12.0. The summed E-state index contributed by atoms with van der Waals surface area (Å²) in [6, 6.07) is 103. The molecule has 0 atom stereocenters. The van der Waals surface area contributed by atoms with Crippen molar-refractivity contribution in [3.63, 3.8) is 0 Å². The zero-order valence-corrected chi connectivity index (χ0v) is 39.0. The van der Waals surface area contributed by atoms with Gasteiger partial charge in [-0.2, -0.15) is 0 Å². The topological polar surface area (TPSA) is 8.17 Å². The van der Waals surface area contributed by atoms with Gasteiger partial charge in [0.05, 0.1) is 22.1 Å². The molecule has 0 unspecified atom stereocenters. The molecule has 1 aromatic heterocycles. The third kappa shape index (κ3) is 6.35. The van der Waals surface area contributed by atoms with Crippen LogP contribution >= 0.6 is 0 Å². The molecule has 1 aliphatic carbocycles. The maximum Gasteiger partial charge on any atom is 0.0714 e. The van der Waals surface area contributed by atoms with Gasteiger partial charge in [-0.15, -0.1) is 0 Å². The van der Waals surface area contributed by atoms with Crippen LogP contribution in [0.5, 0.6) is 0 Å². The van der Waals surface area contributed by atoms with Gasteiger partial charge in [0.2, 0.25) is 0 Å². The van der Waals surface area contributed by atoms with Crippen molar-refractivity contribution in [2.45, 2.75) is 5.41 Å². The highest BCUT2D eigenvalue weighted by atomic mass is 15.1. The molecule has 0 aliphatic heterocycles. The van der Waals surface area contributed by atoms with Gasteiger partial charge < -0.3 is 9.47 Å². The zero-order valence-electron chi connectivity index (χ0n) is 39.0. The first-order valence-corrected chi connectivity index (χ1v) is 24.6. The molecule has 71 heavy (non-hydrogen) atoms. The molecule has 2 nitrogen and oxygen atoms in total. The Morgan fingerprint density at radius 1 is 0.310 bits per heavy atom.